The molecule has 1 aromatic heterocycles. The number of rotatable bonds is 5. The van der Waals surface area contributed by atoms with E-state index in [1.807, 2.05) is 12.1 Å². The van der Waals surface area contributed by atoms with Crippen LogP contribution in [0.25, 0.3) is 10.8 Å². The summed E-state index contributed by atoms with van der Waals surface area (Å²) < 4.78 is 1.29. The lowest BCUT2D eigenvalue weighted by Gasteiger charge is -2.32. The highest BCUT2D eigenvalue weighted by atomic mass is 16.2. The molecule has 1 saturated heterocycles. The first-order valence-electron chi connectivity index (χ1n) is 8.51. The van der Waals surface area contributed by atoms with E-state index in [0.717, 1.165) is 11.8 Å². The van der Waals surface area contributed by atoms with Crippen LogP contribution in [-0.4, -0.2) is 39.2 Å². The van der Waals surface area contributed by atoms with E-state index in [0.29, 0.717) is 17.7 Å². The third-order valence-corrected chi connectivity index (χ3v) is 4.35. The topological polar surface area (TPSA) is 84.3 Å². The maximum atomic E-state index is 12.4. The third kappa shape index (κ3) is 3.70. The number of nitrogens with one attached hydrogen (secondary N) is 1. The Kier molecular flexibility index (Phi) is 4.83. The van der Waals surface area contributed by atoms with Crippen molar-refractivity contribution in [3.8, 4) is 0 Å². The molecule has 1 fully saturated rings. The van der Waals surface area contributed by atoms with E-state index in [-0.39, 0.29) is 30.6 Å². The van der Waals surface area contributed by atoms with Crippen LogP contribution < -0.4 is 10.9 Å². The Morgan fingerprint density at radius 2 is 1.96 bits per heavy atom. The molecule has 0 aliphatic carbocycles. The van der Waals surface area contributed by atoms with Crippen molar-refractivity contribution in [3.63, 3.8) is 0 Å². The summed E-state index contributed by atoms with van der Waals surface area (Å²) in [5.41, 5.74) is -0.222. The fourth-order valence-electron chi connectivity index (χ4n) is 3.16. The molecular formula is C18H22N4O3. The highest BCUT2D eigenvalue weighted by molar-refractivity contribution is 5.97. The van der Waals surface area contributed by atoms with Crippen LogP contribution in [-0.2, 0) is 11.3 Å². The molecule has 0 radical (unpaired) electrons. The molecule has 7 nitrogen and oxygen atoms in total. The van der Waals surface area contributed by atoms with Gasteiger partial charge in [0.2, 0.25) is 5.91 Å². The number of benzene rings is 1. The van der Waals surface area contributed by atoms with Crippen LogP contribution in [0.3, 0.4) is 0 Å². The van der Waals surface area contributed by atoms with Gasteiger partial charge in [0.05, 0.1) is 24.7 Å². The van der Waals surface area contributed by atoms with Crippen LogP contribution in [0.5, 0.6) is 0 Å². The molecule has 3 rings (SSSR count). The van der Waals surface area contributed by atoms with Gasteiger partial charge in [0.1, 0.15) is 0 Å². The molecule has 1 atom stereocenters. The van der Waals surface area contributed by atoms with Gasteiger partial charge >= 0.3 is 6.03 Å². The van der Waals surface area contributed by atoms with E-state index in [2.05, 4.69) is 24.3 Å². The highest BCUT2D eigenvalue weighted by Gasteiger charge is 2.31. The lowest BCUT2D eigenvalue weighted by Crippen LogP contribution is -2.55. The average Bonchev–Trinajstić information content (AvgIpc) is 2.55. The number of hydrogen-bond acceptors (Lipinski definition) is 4. The number of carbonyl (C=O) groups is 2. The molecule has 25 heavy (non-hydrogen) atoms. The summed E-state index contributed by atoms with van der Waals surface area (Å²) >= 11 is 0. The highest BCUT2D eigenvalue weighted by Crippen LogP contribution is 2.15. The predicted octanol–water partition coefficient (Wildman–Crippen LogP) is 1.75. The second-order valence-electron chi connectivity index (χ2n) is 6.79. The van der Waals surface area contributed by atoms with E-state index in [1.54, 1.807) is 18.3 Å². The lowest BCUT2D eigenvalue weighted by molar-refractivity contribution is -0.130. The van der Waals surface area contributed by atoms with E-state index in [4.69, 9.17) is 0 Å². The van der Waals surface area contributed by atoms with Crippen LogP contribution in [0, 0.1) is 5.92 Å². The molecule has 1 aliphatic rings. The monoisotopic (exact) mass is 342 g/mol. The molecule has 2 heterocycles. The lowest BCUT2D eigenvalue weighted by atomic mass is 9.99. The molecule has 0 bridgehead atoms. The average molecular weight is 342 g/mol. The normalized spacial score (nSPS) is 18.0. The van der Waals surface area contributed by atoms with E-state index in [9.17, 15) is 14.4 Å². The van der Waals surface area contributed by atoms with Gasteiger partial charge < -0.3 is 5.32 Å². The van der Waals surface area contributed by atoms with Crippen LogP contribution in [0.1, 0.15) is 26.7 Å². The van der Waals surface area contributed by atoms with Crippen molar-refractivity contribution in [3.05, 3.63) is 40.8 Å². The first-order valence-corrected chi connectivity index (χ1v) is 8.51. The molecule has 0 spiro atoms. The Hall–Kier alpha value is -2.70. The fraction of sp³-hybridized carbons (Fsp3) is 0.444. The fourth-order valence-corrected chi connectivity index (χ4v) is 3.16. The summed E-state index contributed by atoms with van der Waals surface area (Å²) in [5.74, 6) is 0.202. The second-order valence-corrected chi connectivity index (χ2v) is 6.79. The maximum absolute atomic E-state index is 12.4. The molecular weight excluding hydrogens is 320 g/mol. The molecule has 3 amide bonds. The zero-order valence-corrected chi connectivity index (χ0v) is 14.4. The van der Waals surface area contributed by atoms with Crippen molar-refractivity contribution in [2.45, 2.75) is 39.3 Å². The van der Waals surface area contributed by atoms with Gasteiger partial charge in [0, 0.05) is 17.8 Å². The number of urea groups is 1. The Morgan fingerprint density at radius 1 is 1.20 bits per heavy atom. The summed E-state index contributed by atoms with van der Waals surface area (Å²) in [6.45, 7) is 4.42. The Bertz CT molecular complexity index is 841. The van der Waals surface area contributed by atoms with Gasteiger partial charge in [-0.05, 0) is 18.4 Å². The first kappa shape index (κ1) is 17.1. The number of aromatic nitrogens is 2. The summed E-state index contributed by atoms with van der Waals surface area (Å²) in [7, 11) is 0. The van der Waals surface area contributed by atoms with Gasteiger partial charge in [-0.15, -0.1) is 0 Å². The Labute approximate surface area is 145 Å². The standard InChI is InChI=1S/C18H22N4O3/c1-12(2)9-14-10-16(23)21(18(25)20-14)7-8-22-17(24)15-6-4-3-5-13(15)11-19-22/h3-6,11-12,14H,7-10H2,1-2H3,(H,20,25)/t14-/m0/s1. The van der Waals surface area contributed by atoms with Gasteiger partial charge in [-0.2, -0.15) is 5.10 Å². The third-order valence-electron chi connectivity index (χ3n) is 4.35. The van der Waals surface area contributed by atoms with Gasteiger partial charge in [-0.1, -0.05) is 32.0 Å². The van der Waals surface area contributed by atoms with E-state index < -0.39 is 6.03 Å². The SMILES string of the molecule is CC(C)C[C@H]1CC(=O)N(CCn2ncc3ccccc3c2=O)C(=O)N1. The minimum atomic E-state index is -0.393. The largest absolute Gasteiger partial charge is 0.334 e. The van der Waals surface area contributed by atoms with Crippen molar-refractivity contribution in [2.75, 3.05) is 6.54 Å². The number of imide groups is 1. The van der Waals surface area contributed by atoms with Crippen LogP contribution in [0.15, 0.2) is 35.3 Å². The smallest absolute Gasteiger partial charge is 0.324 e. The molecule has 1 N–H and O–H groups in total. The minimum absolute atomic E-state index is 0.113. The van der Waals surface area contributed by atoms with Gasteiger partial charge in [0.25, 0.3) is 5.56 Å². The van der Waals surface area contributed by atoms with E-state index in [1.165, 1.54) is 9.58 Å². The molecule has 2 aromatic rings. The summed E-state index contributed by atoms with van der Waals surface area (Å²) in [4.78, 5) is 38.1. The van der Waals surface area contributed by atoms with Gasteiger partial charge in [0.15, 0.2) is 0 Å². The Balaban J connectivity index is 1.70. The van der Waals surface area contributed by atoms with Crippen molar-refractivity contribution < 1.29 is 9.59 Å². The predicted molar refractivity (Wildman–Crippen MR) is 94.1 cm³/mol. The molecule has 1 aromatic carbocycles. The van der Waals surface area contributed by atoms with Crippen LogP contribution in [0.2, 0.25) is 0 Å². The molecule has 0 saturated carbocycles. The van der Waals surface area contributed by atoms with Crippen molar-refractivity contribution in [1.29, 1.82) is 0 Å². The molecule has 7 heteroatoms. The number of carbonyl (C=O) groups excluding carboxylic acids is 2. The van der Waals surface area contributed by atoms with Crippen LogP contribution in [0.4, 0.5) is 4.79 Å². The second kappa shape index (κ2) is 7.04. The van der Waals surface area contributed by atoms with Crippen molar-refractivity contribution in [1.82, 2.24) is 20.0 Å². The number of nitrogens with zero attached hydrogens (tertiary/aromatic N) is 3. The minimum Gasteiger partial charge on any atom is -0.334 e. The number of fused-ring (bicyclic) bond motifs is 1. The van der Waals surface area contributed by atoms with Gasteiger partial charge in [-0.25, -0.2) is 9.48 Å². The van der Waals surface area contributed by atoms with Crippen LogP contribution >= 0.6 is 0 Å². The maximum Gasteiger partial charge on any atom is 0.324 e. The summed E-state index contributed by atoms with van der Waals surface area (Å²) in [6.07, 6.45) is 2.69. The molecule has 132 valence electrons. The number of hydrogen-bond donors (Lipinski definition) is 1. The number of amides is 3. The molecule has 0 unspecified atom stereocenters. The van der Waals surface area contributed by atoms with Crippen molar-refractivity contribution >= 4 is 22.7 Å². The quantitative estimate of drug-likeness (QED) is 0.897. The van der Waals surface area contributed by atoms with Gasteiger partial charge in [-0.3, -0.25) is 14.5 Å². The summed E-state index contributed by atoms with van der Waals surface area (Å²) in [5, 5.41) is 8.34. The summed E-state index contributed by atoms with van der Waals surface area (Å²) in [6, 6.07) is 6.70. The van der Waals surface area contributed by atoms with Crippen molar-refractivity contribution in [2.24, 2.45) is 5.92 Å². The Morgan fingerprint density at radius 3 is 2.68 bits per heavy atom. The molecule has 1 aliphatic heterocycles. The zero-order chi connectivity index (χ0) is 18.0. The van der Waals surface area contributed by atoms with E-state index >= 15 is 0 Å². The zero-order valence-electron chi connectivity index (χ0n) is 14.4. The first-order chi connectivity index (χ1) is 12.0.